The van der Waals surface area contributed by atoms with Gasteiger partial charge in [0.2, 0.25) is 11.8 Å². The van der Waals surface area contributed by atoms with Crippen molar-refractivity contribution >= 4 is 11.8 Å². The van der Waals surface area contributed by atoms with Gasteiger partial charge in [0.05, 0.1) is 0 Å². The Morgan fingerprint density at radius 2 is 1.95 bits per heavy atom. The zero-order chi connectivity index (χ0) is 14.1. The molecule has 0 radical (unpaired) electrons. The number of hydrogen-bond donors (Lipinski definition) is 1. The topological polar surface area (TPSA) is 49.4 Å². The average molecular weight is 272 g/mol. The maximum atomic E-state index is 12.4. The lowest BCUT2D eigenvalue weighted by Gasteiger charge is -2.31. The first-order chi connectivity index (χ1) is 9.65. The molecule has 0 saturated heterocycles. The van der Waals surface area contributed by atoms with Crippen LogP contribution in [-0.2, 0) is 22.6 Å². The number of nitrogens with one attached hydrogen (secondary N) is 1. The van der Waals surface area contributed by atoms with Gasteiger partial charge in [-0.05, 0) is 37.3 Å². The molecule has 1 aliphatic heterocycles. The molecule has 0 aromatic heterocycles. The van der Waals surface area contributed by atoms with Crippen LogP contribution < -0.4 is 5.32 Å². The lowest BCUT2D eigenvalue weighted by Crippen LogP contribution is -2.48. The maximum absolute atomic E-state index is 12.4. The van der Waals surface area contributed by atoms with E-state index >= 15 is 0 Å². The summed E-state index contributed by atoms with van der Waals surface area (Å²) in [7, 11) is 0. The van der Waals surface area contributed by atoms with Gasteiger partial charge in [-0.1, -0.05) is 24.3 Å². The van der Waals surface area contributed by atoms with Crippen molar-refractivity contribution in [2.45, 2.75) is 38.8 Å². The third-order valence-corrected chi connectivity index (χ3v) is 4.12. The van der Waals surface area contributed by atoms with Crippen molar-refractivity contribution in [3.05, 3.63) is 35.4 Å². The molecule has 1 N–H and O–H groups in total. The van der Waals surface area contributed by atoms with E-state index in [0.29, 0.717) is 6.54 Å². The molecule has 1 heterocycles. The molecule has 2 aliphatic rings. The van der Waals surface area contributed by atoms with Gasteiger partial charge < -0.3 is 10.2 Å². The van der Waals surface area contributed by atoms with Crippen LogP contribution >= 0.6 is 0 Å². The molecule has 4 heteroatoms. The van der Waals surface area contributed by atoms with Crippen LogP contribution in [0.2, 0.25) is 0 Å². The molecule has 1 fully saturated rings. The van der Waals surface area contributed by atoms with Gasteiger partial charge in [-0.15, -0.1) is 0 Å². The molecule has 20 heavy (non-hydrogen) atoms. The summed E-state index contributed by atoms with van der Waals surface area (Å²) in [5, 5.41) is 2.83. The molecular formula is C16H20N2O2. The Bertz CT molecular complexity index is 537. The zero-order valence-corrected chi connectivity index (χ0v) is 11.8. The number of hydrogen-bond acceptors (Lipinski definition) is 2. The quantitative estimate of drug-likeness (QED) is 0.906. The average Bonchev–Trinajstić information content (AvgIpc) is 3.30. The number of benzene rings is 1. The van der Waals surface area contributed by atoms with Crippen LogP contribution in [0.15, 0.2) is 24.3 Å². The van der Waals surface area contributed by atoms with Gasteiger partial charge in [-0.3, -0.25) is 9.59 Å². The molecule has 1 saturated carbocycles. The van der Waals surface area contributed by atoms with E-state index in [1.54, 1.807) is 6.92 Å². The molecule has 1 aromatic carbocycles. The van der Waals surface area contributed by atoms with Gasteiger partial charge in [0.1, 0.15) is 6.04 Å². The molecule has 0 bridgehead atoms. The van der Waals surface area contributed by atoms with E-state index in [-0.39, 0.29) is 17.7 Å². The van der Waals surface area contributed by atoms with Gasteiger partial charge >= 0.3 is 0 Å². The van der Waals surface area contributed by atoms with Crippen molar-refractivity contribution in [3.8, 4) is 0 Å². The lowest BCUT2D eigenvalue weighted by molar-refractivity contribution is -0.137. The van der Waals surface area contributed by atoms with Crippen LogP contribution in [0, 0.1) is 5.92 Å². The smallest absolute Gasteiger partial charge is 0.245 e. The zero-order valence-electron chi connectivity index (χ0n) is 11.8. The molecule has 106 valence electrons. The Hall–Kier alpha value is -1.84. The van der Waals surface area contributed by atoms with E-state index in [4.69, 9.17) is 0 Å². The van der Waals surface area contributed by atoms with E-state index in [1.165, 1.54) is 11.1 Å². The summed E-state index contributed by atoms with van der Waals surface area (Å²) in [6, 6.07) is 7.81. The minimum atomic E-state index is -0.423. The van der Waals surface area contributed by atoms with Crippen molar-refractivity contribution in [2.75, 3.05) is 6.54 Å². The Kier molecular flexibility index (Phi) is 3.47. The second-order valence-corrected chi connectivity index (χ2v) is 5.78. The van der Waals surface area contributed by atoms with Gasteiger partial charge in [0.25, 0.3) is 0 Å². The van der Waals surface area contributed by atoms with Gasteiger partial charge in [0.15, 0.2) is 0 Å². The number of fused-ring (bicyclic) bond motifs is 1. The molecule has 1 atom stereocenters. The van der Waals surface area contributed by atoms with Gasteiger partial charge in [0, 0.05) is 19.0 Å². The number of carbonyl (C=O) groups is 2. The minimum absolute atomic E-state index is 0.0218. The molecule has 4 nitrogen and oxygen atoms in total. The Labute approximate surface area is 119 Å². The largest absolute Gasteiger partial charge is 0.344 e. The number of rotatable bonds is 3. The fourth-order valence-electron chi connectivity index (χ4n) is 2.70. The highest BCUT2D eigenvalue weighted by Gasteiger charge is 2.32. The highest BCUT2D eigenvalue weighted by atomic mass is 16.2. The summed E-state index contributed by atoms with van der Waals surface area (Å²) in [5.74, 6) is 0.198. The molecule has 3 rings (SSSR count). The predicted molar refractivity (Wildman–Crippen MR) is 75.9 cm³/mol. The molecule has 1 aliphatic carbocycles. The van der Waals surface area contributed by atoms with Gasteiger partial charge in [-0.2, -0.15) is 0 Å². The summed E-state index contributed by atoms with van der Waals surface area (Å²) < 4.78 is 0. The van der Waals surface area contributed by atoms with Crippen LogP contribution in [0.4, 0.5) is 0 Å². The molecule has 0 spiro atoms. The molecule has 0 unspecified atom stereocenters. The first kappa shape index (κ1) is 13.2. The summed E-state index contributed by atoms with van der Waals surface area (Å²) in [5.41, 5.74) is 2.54. The second-order valence-electron chi connectivity index (χ2n) is 5.78. The van der Waals surface area contributed by atoms with Crippen LogP contribution in [0.3, 0.4) is 0 Å². The number of carbonyl (C=O) groups excluding carboxylic acids is 2. The summed E-state index contributed by atoms with van der Waals surface area (Å²) >= 11 is 0. The summed E-state index contributed by atoms with van der Waals surface area (Å²) in [6.45, 7) is 3.17. The van der Waals surface area contributed by atoms with Crippen molar-refractivity contribution in [1.82, 2.24) is 10.2 Å². The van der Waals surface area contributed by atoms with E-state index in [9.17, 15) is 9.59 Å². The van der Waals surface area contributed by atoms with Crippen LogP contribution in [-0.4, -0.2) is 29.3 Å². The third kappa shape index (κ3) is 2.69. The molecule has 2 amide bonds. The fraction of sp³-hybridized carbons (Fsp3) is 0.500. The van der Waals surface area contributed by atoms with Gasteiger partial charge in [-0.25, -0.2) is 0 Å². The number of amides is 2. The third-order valence-electron chi connectivity index (χ3n) is 4.12. The van der Waals surface area contributed by atoms with E-state index < -0.39 is 6.04 Å². The molecular weight excluding hydrogens is 252 g/mol. The van der Waals surface area contributed by atoms with Crippen LogP contribution in [0.5, 0.6) is 0 Å². The lowest BCUT2D eigenvalue weighted by atomic mass is 9.99. The van der Waals surface area contributed by atoms with Crippen molar-refractivity contribution in [3.63, 3.8) is 0 Å². The van der Waals surface area contributed by atoms with E-state index in [2.05, 4.69) is 17.4 Å². The normalized spacial score (nSPS) is 19.1. The standard InChI is InChI=1S/C16H20N2O2/c1-11(17-15(19)13-6-7-13)16(20)18-9-8-12-4-2-3-5-14(12)10-18/h2-5,11,13H,6-10H2,1H3,(H,17,19)/t11-/m1/s1. The van der Waals surface area contributed by atoms with E-state index in [0.717, 1.165) is 25.8 Å². The highest BCUT2D eigenvalue weighted by molar-refractivity contribution is 5.89. The summed E-state index contributed by atoms with van der Waals surface area (Å²) in [4.78, 5) is 26.0. The Morgan fingerprint density at radius 1 is 1.25 bits per heavy atom. The van der Waals surface area contributed by atoms with Crippen molar-refractivity contribution < 1.29 is 9.59 Å². The first-order valence-electron chi connectivity index (χ1n) is 7.31. The fourth-order valence-corrected chi connectivity index (χ4v) is 2.70. The highest BCUT2D eigenvalue weighted by Crippen LogP contribution is 2.29. The molecule has 1 aromatic rings. The number of nitrogens with zero attached hydrogens (tertiary/aromatic N) is 1. The Balaban J connectivity index is 1.61. The van der Waals surface area contributed by atoms with E-state index in [1.807, 2.05) is 17.0 Å². The summed E-state index contributed by atoms with van der Waals surface area (Å²) in [6.07, 6.45) is 2.82. The SMILES string of the molecule is C[C@@H](NC(=O)C1CC1)C(=O)N1CCc2ccccc2C1. The van der Waals surface area contributed by atoms with Crippen molar-refractivity contribution in [1.29, 1.82) is 0 Å². The van der Waals surface area contributed by atoms with Crippen LogP contribution in [0.1, 0.15) is 30.9 Å². The second kappa shape index (κ2) is 5.27. The maximum Gasteiger partial charge on any atom is 0.245 e. The minimum Gasteiger partial charge on any atom is -0.344 e. The van der Waals surface area contributed by atoms with Crippen molar-refractivity contribution in [2.24, 2.45) is 5.92 Å². The monoisotopic (exact) mass is 272 g/mol. The Morgan fingerprint density at radius 3 is 2.65 bits per heavy atom. The first-order valence-corrected chi connectivity index (χ1v) is 7.31. The predicted octanol–water partition coefficient (Wildman–Crippen LogP) is 1.49. The van der Waals surface area contributed by atoms with Crippen LogP contribution in [0.25, 0.3) is 0 Å².